The van der Waals surface area contributed by atoms with Crippen LogP contribution in [0.5, 0.6) is 34.5 Å². The van der Waals surface area contributed by atoms with Gasteiger partial charge in [-0.3, -0.25) is 4.79 Å². The molecule has 1 N–H and O–H groups in total. The van der Waals surface area contributed by atoms with E-state index in [1.54, 1.807) is 27.2 Å². The summed E-state index contributed by atoms with van der Waals surface area (Å²) in [6.07, 6.45) is -0.355. The van der Waals surface area contributed by atoms with Crippen LogP contribution >= 0.6 is 0 Å². The summed E-state index contributed by atoms with van der Waals surface area (Å²) in [7, 11) is 3.17. The number of hydrogen-bond donors (Lipinski definition) is 1. The lowest BCUT2D eigenvalue weighted by Crippen LogP contribution is -2.11. The maximum Gasteiger partial charge on any atom is 0.308 e. The highest BCUT2D eigenvalue weighted by atomic mass is 16.6. The molecule has 0 heterocycles. The van der Waals surface area contributed by atoms with Crippen LogP contribution in [0.3, 0.4) is 0 Å². The molecule has 0 saturated carbocycles. The van der Waals surface area contributed by atoms with E-state index in [1.807, 2.05) is 64.1 Å². The van der Waals surface area contributed by atoms with Crippen LogP contribution in [0.25, 0.3) is 32.7 Å². The molecule has 0 spiro atoms. The van der Waals surface area contributed by atoms with E-state index in [9.17, 15) is 9.90 Å². The van der Waals surface area contributed by atoms with Gasteiger partial charge < -0.3 is 28.8 Å². The Balaban J connectivity index is 2.30. The highest BCUT2D eigenvalue weighted by Crippen LogP contribution is 2.56. The van der Waals surface area contributed by atoms with Crippen molar-refractivity contribution in [3.63, 3.8) is 0 Å². The maximum atomic E-state index is 12.2. The van der Waals surface area contributed by atoms with Crippen molar-refractivity contribution in [1.82, 2.24) is 0 Å². The number of hydrogen-bond acceptors (Lipinski definition) is 7. The number of aromatic hydroxyl groups is 1. The zero-order chi connectivity index (χ0) is 27.7. The van der Waals surface area contributed by atoms with Gasteiger partial charge in [-0.05, 0) is 52.3 Å². The smallest absolute Gasteiger partial charge is 0.308 e. The molecule has 0 unspecified atom stereocenters. The molecule has 0 radical (unpaired) electrons. The first-order valence-corrected chi connectivity index (χ1v) is 12.6. The average molecular weight is 519 g/mol. The number of phenolic OH excluding ortho intramolecular Hbond substituents is 1. The molecule has 0 saturated heterocycles. The SMILES string of the molecule is COc1c(OC(C)C)c(-c2ccccc2)c(OC)c2c1ccc1c(OC(C)=O)c(OC(C)C)c(C)c(O)c12. The fourth-order valence-electron chi connectivity index (χ4n) is 4.76. The monoisotopic (exact) mass is 518 g/mol. The predicted octanol–water partition coefficient (Wildman–Crippen LogP) is 7.19. The van der Waals surface area contributed by atoms with E-state index in [0.29, 0.717) is 55.7 Å². The lowest BCUT2D eigenvalue weighted by molar-refractivity contribution is -0.131. The van der Waals surface area contributed by atoms with Crippen LogP contribution in [0.4, 0.5) is 0 Å². The molecule has 0 aliphatic heterocycles. The number of methoxy groups -OCH3 is 2. The molecule has 4 aromatic carbocycles. The van der Waals surface area contributed by atoms with Gasteiger partial charge in [0.2, 0.25) is 0 Å². The van der Waals surface area contributed by atoms with Crippen molar-refractivity contribution < 1.29 is 33.6 Å². The van der Waals surface area contributed by atoms with Crippen LogP contribution < -0.4 is 23.7 Å². The maximum absolute atomic E-state index is 12.2. The topological polar surface area (TPSA) is 83.5 Å². The zero-order valence-corrected chi connectivity index (χ0v) is 23.1. The number of ether oxygens (including phenoxy) is 5. The van der Waals surface area contributed by atoms with Crippen LogP contribution in [0.2, 0.25) is 0 Å². The Labute approximate surface area is 222 Å². The number of carbonyl (C=O) groups excluding carboxylic acids is 1. The van der Waals surface area contributed by atoms with Crippen molar-refractivity contribution in [1.29, 1.82) is 0 Å². The highest BCUT2D eigenvalue weighted by molar-refractivity contribution is 6.20. The van der Waals surface area contributed by atoms with Gasteiger partial charge in [-0.1, -0.05) is 30.3 Å². The lowest BCUT2D eigenvalue weighted by atomic mass is 9.91. The molecule has 0 amide bonds. The summed E-state index contributed by atoms with van der Waals surface area (Å²) in [6, 6.07) is 13.4. The third-order valence-electron chi connectivity index (χ3n) is 6.14. The Morgan fingerprint density at radius 2 is 1.29 bits per heavy atom. The molecule has 0 fully saturated rings. The summed E-state index contributed by atoms with van der Waals surface area (Å²) in [5.74, 6) is 1.58. The molecule has 4 rings (SSSR count). The van der Waals surface area contributed by atoms with Gasteiger partial charge in [0, 0.05) is 34.0 Å². The van der Waals surface area contributed by atoms with E-state index in [1.165, 1.54) is 6.92 Å². The average Bonchev–Trinajstić information content (AvgIpc) is 2.87. The lowest BCUT2D eigenvalue weighted by Gasteiger charge is -2.25. The summed E-state index contributed by atoms with van der Waals surface area (Å²) in [5, 5.41) is 13.9. The number of benzene rings is 4. The van der Waals surface area contributed by atoms with Crippen LogP contribution in [0, 0.1) is 6.92 Å². The highest BCUT2D eigenvalue weighted by Gasteiger charge is 2.29. The predicted molar refractivity (Wildman–Crippen MR) is 149 cm³/mol. The molecule has 38 heavy (non-hydrogen) atoms. The van der Waals surface area contributed by atoms with Crippen molar-refractivity contribution in [3.05, 3.63) is 48.0 Å². The van der Waals surface area contributed by atoms with Crippen molar-refractivity contribution in [2.45, 2.75) is 53.8 Å². The molecule has 200 valence electrons. The molecule has 0 atom stereocenters. The Morgan fingerprint density at radius 1 is 0.737 bits per heavy atom. The summed E-state index contributed by atoms with van der Waals surface area (Å²) in [6.45, 7) is 10.7. The van der Waals surface area contributed by atoms with E-state index in [2.05, 4.69) is 0 Å². The molecule has 0 aliphatic carbocycles. The molecular weight excluding hydrogens is 484 g/mol. The zero-order valence-electron chi connectivity index (χ0n) is 23.1. The number of carbonyl (C=O) groups is 1. The van der Waals surface area contributed by atoms with Gasteiger partial charge in [0.25, 0.3) is 0 Å². The first-order chi connectivity index (χ1) is 18.1. The third kappa shape index (κ3) is 4.64. The van der Waals surface area contributed by atoms with Crippen molar-refractivity contribution in [3.8, 4) is 45.6 Å². The van der Waals surface area contributed by atoms with Crippen LogP contribution in [-0.2, 0) is 4.79 Å². The van der Waals surface area contributed by atoms with Crippen LogP contribution in [0.1, 0.15) is 40.2 Å². The Bertz CT molecular complexity index is 1500. The number of fused-ring (bicyclic) bond motifs is 3. The van der Waals surface area contributed by atoms with Crippen molar-refractivity contribution in [2.75, 3.05) is 14.2 Å². The minimum absolute atomic E-state index is 0.00551. The summed E-state index contributed by atoms with van der Waals surface area (Å²) < 4.78 is 30.0. The van der Waals surface area contributed by atoms with Gasteiger partial charge >= 0.3 is 5.97 Å². The molecule has 4 aromatic rings. The van der Waals surface area contributed by atoms with Gasteiger partial charge in [-0.2, -0.15) is 0 Å². The molecule has 0 bridgehead atoms. The number of esters is 1. The van der Waals surface area contributed by atoms with E-state index < -0.39 is 5.97 Å². The van der Waals surface area contributed by atoms with Gasteiger partial charge in [0.15, 0.2) is 23.0 Å². The van der Waals surface area contributed by atoms with Gasteiger partial charge in [-0.25, -0.2) is 0 Å². The summed E-state index contributed by atoms with van der Waals surface area (Å²) in [5.41, 5.74) is 1.99. The molecule has 0 aliphatic rings. The normalized spacial score (nSPS) is 11.3. The standard InChI is InChI=1S/C31H34O7/c1-16(2)36-27-18(5)26(33)24-21(29(27)38-19(6)32)14-15-22-25(24)30(35-8)23(20-12-10-9-11-13-20)31(28(22)34-7)37-17(3)4/h9-17,33H,1-8H3. The number of rotatable bonds is 8. The fourth-order valence-corrected chi connectivity index (χ4v) is 4.76. The Morgan fingerprint density at radius 3 is 1.82 bits per heavy atom. The first kappa shape index (κ1) is 26.9. The second-order valence-electron chi connectivity index (χ2n) is 9.61. The van der Waals surface area contributed by atoms with E-state index >= 15 is 0 Å². The molecule has 0 aromatic heterocycles. The minimum Gasteiger partial charge on any atom is -0.507 e. The second-order valence-corrected chi connectivity index (χ2v) is 9.61. The quantitative estimate of drug-likeness (QED) is 0.150. The van der Waals surface area contributed by atoms with E-state index in [-0.39, 0.29) is 23.7 Å². The van der Waals surface area contributed by atoms with Crippen molar-refractivity contribution >= 4 is 27.5 Å². The van der Waals surface area contributed by atoms with Gasteiger partial charge in [0.1, 0.15) is 11.5 Å². The summed E-state index contributed by atoms with van der Waals surface area (Å²) >= 11 is 0. The van der Waals surface area contributed by atoms with E-state index in [0.717, 1.165) is 5.56 Å². The van der Waals surface area contributed by atoms with Crippen LogP contribution in [-0.4, -0.2) is 37.5 Å². The van der Waals surface area contributed by atoms with Gasteiger partial charge in [-0.15, -0.1) is 0 Å². The van der Waals surface area contributed by atoms with Crippen molar-refractivity contribution in [2.24, 2.45) is 0 Å². The fraction of sp³-hybridized carbons (Fsp3) is 0.323. The minimum atomic E-state index is -0.500. The van der Waals surface area contributed by atoms with Gasteiger partial charge in [0.05, 0.1) is 32.0 Å². The van der Waals surface area contributed by atoms with E-state index in [4.69, 9.17) is 23.7 Å². The molecule has 7 heteroatoms. The Kier molecular flexibility index (Phi) is 7.58. The first-order valence-electron chi connectivity index (χ1n) is 12.6. The Hall–Kier alpha value is -4.13. The third-order valence-corrected chi connectivity index (χ3v) is 6.14. The number of phenols is 1. The largest absolute Gasteiger partial charge is 0.507 e. The molecule has 7 nitrogen and oxygen atoms in total. The summed E-state index contributed by atoms with van der Waals surface area (Å²) in [4.78, 5) is 12.2. The van der Waals surface area contributed by atoms with Crippen LogP contribution in [0.15, 0.2) is 42.5 Å². The molecular formula is C31H34O7. The second kappa shape index (κ2) is 10.7.